The molecule has 0 spiro atoms. The van der Waals surface area contributed by atoms with E-state index in [4.69, 9.17) is 9.15 Å². The van der Waals surface area contributed by atoms with Gasteiger partial charge in [-0.2, -0.15) is 0 Å². The second-order valence-electron chi connectivity index (χ2n) is 9.10. The largest absolute Gasteiger partial charge is 0.484 e. The van der Waals surface area contributed by atoms with Crippen molar-refractivity contribution in [1.82, 2.24) is 10.2 Å². The maximum Gasteiger partial charge on any atom is 0.336 e. The lowest BCUT2D eigenvalue weighted by atomic mass is 9.83. The fourth-order valence-electron chi connectivity index (χ4n) is 5.35. The Morgan fingerprint density at radius 2 is 1.88 bits per heavy atom. The van der Waals surface area contributed by atoms with Gasteiger partial charge in [0.2, 0.25) is 0 Å². The smallest absolute Gasteiger partial charge is 0.336 e. The monoisotopic (exact) mass is 446 g/mol. The van der Waals surface area contributed by atoms with Crippen molar-refractivity contribution in [3.8, 4) is 16.9 Å². The summed E-state index contributed by atoms with van der Waals surface area (Å²) in [5.41, 5.74) is 1.79. The highest BCUT2D eigenvalue weighted by Gasteiger charge is 2.32. The average molecular weight is 447 g/mol. The minimum atomic E-state index is -0.416. The van der Waals surface area contributed by atoms with Crippen molar-refractivity contribution in [2.24, 2.45) is 5.92 Å². The summed E-state index contributed by atoms with van der Waals surface area (Å²) < 4.78 is 11.1. The molecule has 172 valence electrons. The number of amides is 1. The summed E-state index contributed by atoms with van der Waals surface area (Å²) in [6, 6.07) is 17.2. The summed E-state index contributed by atoms with van der Waals surface area (Å²) in [6.07, 6.45) is 6.21. The van der Waals surface area contributed by atoms with E-state index in [2.05, 4.69) is 10.2 Å². The molecule has 0 bridgehead atoms. The van der Waals surface area contributed by atoms with Crippen LogP contribution in [-0.2, 0) is 4.79 Å². The molecule has 1 aromatic heterocycles. The van der Waals surface area contributed by atoms with Gasteiger partial charge in [-0.05, 0) is 68.0 Å². The Kier molecular flexibility index (Phi) is 6.44. The molecule has 0 radical (unpaired) electrons. The van der Waals surface area contributed by atoms with Gasteiger partial charge in [-0.3, -0.25) is 4.79 Å². The quantitative estimate of drug-likeness (QED) is 0.574. The van der Waals surface area contributed by atoms with Crippen molar-refractivity contribution in [1.29, 1.82) is 0 Å². The van der Waals surface area contributed by atoms with E-state index in [9.17, 15) is 9.59 Å². The van der Waals surface area contributed by atoms with E-state index < -0.39 is 5.63 Å². The van der Waals surface area contributed by atoms with Crippen molar-refractivity contribution in [2.45, 2.75) is 38.1 Å². The number of piperidine rings is 2. The molecule has 3 heterocycles. The van der Waals surface area contributed by atoms with Crippen LogP contribution >= 0.6 is 0 Å². The van der Waals surface area contributed by atoms with Crippen LogP contribution in [0.5, 0.6) is 5.75 Å². The van der Waals surface area contributed by atoms with Crippen LogP contribution in [0.1, 0.15) is 32.1 Å². The predicted octanol–water partition coefficient (Wildman–Crippen LogP) is 4.22. The Bertz CT molecular complexity index is 1170. The van der Waals surface area contributed by atoms with Gasteiger partial charge in [0.1, 0.15) is 11.3 Å². The zero-order valence-electron chi connectivity index (χ0n) is 18.8. The Labute approximate surface area is 193 Å². The van der Waals surface area contributed by atoms with E-state index in [1.165, 1.54) is 51.3 Å². The third kappa shape index (κ3) is 4.96. The molecule has 5 rings (SSSR count). The van der Waals surface area contributed by atoms with Gasteiger partial charge >= 0.3 is 5.63 Å². The summed E-state index contributed by atoms with van der Waals surface area (Å²) >= 11 is 0. The molecule has 2 aliphatic heterocycles. The van der Waals surface area contributed by atoms with E-state index in [-0.39, 0.29) is 12.5 Å². The maximum absolute atomic E-state index is 12.5. The highest BCUT2D eigenvalue weighted by atomic mass is 16.5. The van der Waals surface area contributed by atoms with Gasteiger partial charge in [-0.25, -0.2) is 4.79 Å². The van der Waals surface area contributed by atoms with E-state index in [1.807, 2.05) is 42.5 Å². The topological polar surface area (TPSA) is 71.8 Å². The standard InChI is InChI=1S/C27H30N2O4/c30-26(28-17-20-9-6-14-29-13-5-4-10-24(20)29)18-32-21-11-12-22-23(19-7-2-1-3-8-19)16-27(31)33-25(22)15-21/h1-3,7-8,11-12,15-16,20,24H,4-6,9-10,13-14,17-18H2,(H,28,30)/t20-,24-/m1/s1. The maximum atomic E-state index is 12.5. The van der Waals surface area contributed by atoms with Crippen LogP contribution in [0.2, 0.25) is 0 Å². The molecule has 2 saturated heterocycles. The summed E-state index contributed by atoms with van der Waals surface area (Å²) in [5.74, 6) is 0.902. The molecule has 0 aliphatic carbocycles. The van der Waals surface area contributed by atoms with Crippen LogP contribution in [0.25, 0.3) is 22.1 Å². The first-order valence-electron chi connectivity index (χ1n) is 11.9. The molecule has 3 aromatic rings. The number of hydrogen-bond donors (Lipinski definition) is 1. The van der Waals surface area contributed by atoms with Crippen molar-refractivity contribution in [3.05, 3.63) is 65.0 Å². The summed E-state index contributed by atoms with van der Waals surface area (Å²) in [5, 5.41) is 3.89. The van der Waals surface area contributed by atoms with Gasteiger partial charge < -0.3 is 19.4 Å². The molecule has 2 aromatic carbocycles. The molecule has 0 unspecified atom stereocenters. The van der Waals surface area contributed by atoms with Gasteiger partial charge in [0, 0.05) is 30.1 Å². The van der Waals surface area contributed by atoms with E-state index in [0.717, 1.165) is 16.5 Å². The van der Waals surface area contributed by atoms with Gasteiger partial charge in [0.05, 0.1) is 0 Å². The predicted molar refractivity (Wildman–Crippen MR) is 128 cm³/mol. The lowest BCUT2D eigenvalue weighted by molar-refractivity contribution is -0.123. The molecule has 2 atom stereocenters. The van der Waals surface area contributed by atoms with E-state index >= 15 is 0 Å². The van der Waals surface area contributed by atoms with Crippen LogP contribution < -0.4 is 15.7 Å². The number of nitrogens with zero attached hydrogens (tertiary/aromatic N) is 1. The van der Waals surface area contributed by atoms with Crippen LogP contribution in [0.4, 0.5) is 0 Å². The van der Waals surface area contributed by atoms with Crippen LogP contribution in [0.15, 0.2) is 63.8 Å². The minimum absolute atomic E-state index is 0.0603. The third-order valence-corrected chi connectivity index (χ3v) is 6.96. The van der Waals surface area contributed by atoms with Crippen molar-refractivity contribution < 1.29 is 13.9 Å². The zero-order valence-corrected chi connectivity index (χ0v) is 18.8. The number of nitrogens with one attached hydrogen (secondary N) is 1. The summed E-state index contributed by atoms with van der Waals surface area (Å²) in [7, 11) is 0. The van der Waals surface area contributed by atoms with Gasteiger partial charge in [-0.1, -0.05) is 36.8 Å². The van der Waals surface area contributed by atoms with E-state index in [1.54, 1.807) is 6.07 Å². The molecular formula is C27H30N2O4. The van der Waals surface area contributed by atoms with Crippen molar-refractivity contribution >= 4 is 16.9 Å². The first kappa shape index (κ1) is 21.7. The zero-order chi connectivity index (χ0) is 22.6. The Morgan fingerprint density at radius 3 is 2.76 bits per heavy atom. The first-order valence-corrected chi connectivity index (χ1v) is 11.9. The third-order valence-electron chi connectivity index (χ3n) is 6.96. The normalized spacial score (nSPS) is 20.8. The Hall–Kier alpha value is -3.12. The Morgan fingerprint density at radius 1 is 1.03 bits per heavy atom. The Balaban J connectivity index is 1.22. The highest BCUT2D eigenvalue weighted by molar-refractivity contribution is 5.93. The number of benzene rings is 2. The lowest BCUT2D eigenvalue weighted by Gasteiger charge is -2.44. The minimum Gasteiger partial charge on any atom is -0.484 e. The molecule has 1 amide bonds. The SMILES string of the molecule is O=C(COc1ccc2c(-c3ccccc3)cc(=O)oc2c1)NC[C@H]1CCCN2CCCC[C@H]12. The summed E-state index contributed by atoms with van der Waals surface area (Å²) in [4.78, 5) is 27.2. The molecule has 2 aliphatic rings. The number of hydrogen-bond acceptors (Lipinski definition) is 5. The molecule has 1 N–H and O–H groups in total. The molecule has 0 saturated carbocycles. The lowest BCUT2D eigenvalue weighted by Crippen LogP contribution is -2.51. The van der Waals surface area contributed by atoms with Crippen molar-refractivity contribution in [3.63, 3.8) is 0 Å². The van der Waals surface area contributed by atoms with E-state index in [0.29, 0.717) is 29.8 Å². The molecule has 6 nitrogen and oxygen atoms in total. The molecule has 2 fully saturated rings. The molecule has 6 heteroatoms. The van der Waals surface area contributed by atoms with Gasteiger partial charge in [0.15, 0.2) is 6.61 Å². The molecular weight excluding hydrogens is 416 g/mol. The van der Waals surface area contributed by atoms with Crippen molar-refractivity contribution in [2.75, 3.05) is 26.2 Å². The molecule has 33 heavy (non-hydrogen) atoms. The highest BCUT2D eigenvalue weighted by Crippen LogP contribution is 2.31. The number of carbonyl (C=O) groups is 1. The second kappa shape index (κ2) is 9.79. The number of carbonyl (C=O) groups excluding carboxylic acids is 1. The fraction of sp³-hybridized carbons (Fsp3) is 0.407. The van der Waals surface area contributed by atoms with Gasteiger partial charge in [-0.15, -0.1) is 0 Å². The van der Waals surface area contributed by atoms with Gasteiger partial charge in [0.25, 0.3) is 5.91 Å². The summed E-state index contributed by atoms with van der Waals surface area (Å²) in [6.45, 7) is 3.04. The van der Waals surface area contributed by atoms with Crippen LogP contribution in [-0.4, -0.2) is 43.1 Å². The average Bonchev–Trinajstić information content (AvgIpc) is 2.86. The first-order chi connectivity index (χ1) is 16.2. The van der Waals surface area contributed by atoms with Crippen LogP contribution in [0.3, 0.4) is 0 Å². The fourth-order valence-corrected chi connectivity index (χ4v) is 5.35. The van der Waals surface area contributed by atoms with Crippen LogP contribution in [0, 0.1) is 5.92 Å². The number of rotatable bonds is 6. The number of ether oxygens (including phenoxy) is 1. The second-order valence-corrected chi connectivity index (χ2v) is 9.10. The number of fused-ring (bicyclic) bond motifs is 2.